The van der Waals surface area contributed by atoms with E-state index in [2.05, 4.69) is 16.4 Å². The Morgan fingerprint density at radius 2 is 2.13 bits per heavy atom. The molecule has 0 radical (unpaired) electrons. The monoisotopic (exact) mass is 417 g/mol. The predicted molar refractivity (Wildman–Crippen MR) is 106 cm³/mol. The molecule has 1 aromatic carbocycles. The molecule has 0 bridgehead atoms. The number of nitriles is 1. The number of fused-ring (bicyclic) bond motifs is 1. The second-order valence-corrected chi connectivity index (χ2v) is 7.83. The van der Waals surface area contributed by atoms with Gasteiger partial charge in [-0.3, -0.25) is 14.7 Å². The Kier molecular flexibility index (Phi) is 5.52. The Bertz CT molecular complexity index is 987. The summed E-state index contributed by atoms with van der Waals surface area (Å²) >= 11 is 0. The topological polar surface area (TPSA) is 72.3 Å². The maximum atomic E-state index is 13.3. The van der Waals surface area contributed by atoms with Crippen molar-refractivity contribution in [3.05, 3.63) is 36.0 Å². The number of halogens is 3. The van der Waals surface area contributed by atoms with Gasteiger partial charge in [0.05, 0.1) is 23.7 Å². The van der Waals surface area contributed by atoms with Gasteiger partial charge in [0.15, 0.2) is 0 Å². The zero-order valence-corrected chi connectivity index (χ0v) is 16.3. The minimum absolute atomic E-state index is 0.0616. The molecule has 2 fully saturated rings. The van der Waals surface area contributed by atoms with Gasteiger partial charge >= 0.3 is 6.18 Å². The standard InChI is InChI=1S/C21H22F3N5O/c22-21(23,24)14-9-18-17(4-1-6-26-18)19(10-14)27-15-5-8-28(12-15)13-20(30)29-7-2-3-16(29)11-25/h1,4,6,9-10,15-16,27H,2-3,5,7-8,12-13H2/t15-,16-/m0/s1. The fourth-order valence-electron chi connectivity index (χ4n) is 4.26. The van der Waals surface area contributed by atoms with Crippen LogP contribution in [-0.2, 0) is 11.0 Å². The zero-order chi connectivity index (χ0) is 21.3. The molecule has 1 amide bonds. The van der Waals surface area contributed by atoms with Gasteiger partial charge in [0.25, 0.3) is 0 Å². The molecule has 6 nitrogen and oxygen atoms in total. The van der Waals surface area contributed by atoms with Gasteiger partial charge < -0.3 is 10.2 Å². The van der Waals surface area contributed by atoms with Crippen molar-refractivity contribution in [2.75, 3.05) is 31.5 Å². The molecule has 2 aliphatic rings. The van der Waals surface area contributed by atoms with Gasteiger partial charge in [-0.15, -0.1) is 0 Å². The lowest BCUT2D eigenvalue weighted by molar-refractivity contribution is -0.137. The lowest BCUT2D eigenvalue weighted by Gasteiger charge is -2.23. The van der Waals surface area contributed by atoms with Crippen molar-refractivity contribution < 1.29 is 18.0 Å². The average Bonchev–Trinajstić information content (AvgIpc) is 3.36. The van der Waals surface area contributed by atoms with E-state index in [0.29, 0.717) is 43.5 Å². The highest BCUT2D eigenvalue weighted by atomic mass is 19.4. The molecule has 4 rings (SSSR count). The fourth-order valence-corrected chi connectivity index (χ4v) is 4.26. The molecule has 2 atom stereocenters. The largest absolute Gasteiger partial charge is 0.416 e. The van der Waals surface area contributed by atoms with E-state index >= 15 is 0 Å². The van der Waals surface area contributed by atoms with Crippen molar-refractivity contribution in [2.24, 2.45) is 0 Å². The first kappa shape index (κ1) is 20.4. The van der Waals surface area contributed by atoms with Gasteiger partial charge in [0.2, 0.25) is 5.91 Å². The number of rotatable bonds is 4. The first-order chi connectivity index (χ1) is 14.3. The normalized spacial score (nSPS) is 22.4. The summed E-state index contributed by atoms with van der Waals surface area (Å²) in [6.07, 6.45) is -0.716. The molecule has 1 N–H and O–H groups in total. The number of nitrogens with zero attached hydrogens (tertiary/aromatic N) is 4. The summed E-state index contributed by atoms with van der Waals surface area (Å²) in [5.41, 5.74) is -0.0515. The third kappa shape index (κ3) is 4.19. The van der Waals surface area contributed by atoms with E-state index < -0.39 is 11.7 Å². The first-order valence-corrected chi connectivity index (χ1v) is 9.99. The van der Waals surface area contributed by atoms with Gasteiger partial charge in [-0.1, -0.05) is 0 Å². The molecule has 1 aromatic heterocycles. The molecule has 30 heavy (non-hydrogen) atoms. The second-order valence-electron chi connectivity index (χ2n) is 7.83. The van der Waals surface area contributed by atoms with Crippen LogP contribution in [0.15, 0.2) is 30.5 Å². The summed E-state index contributed by atoms with van der Waals surface area (Å²) in [6, 6.07) is 7.37. The molecule has 2 aromatic rings. The van der Waals surface area contributed by atoms with Crippen molar-refractivity contribution in [3.8, 4) is 6.07 Å². The molecule has 2 saturated heterocycles. The van der Waals surface area contributed by atoms with E-state index in [1.165, 1.54) is 6.20 Å². The number of likely N-dealkylation sites (tertiary alicyclic amines) is 2. The number of anilines is 1. The van der Waals surface area contributed by atoms with Crippen molar-refractivity contribution in [1.82, 2.24) is 14.8 Å². The van der Waals surface area contributed by atoms with Gasteiger partial charge in [-0.05, 0) is 43.5 Å². The molecule has 0 spiro atoms. The smallest absolute Gasteiger partial charge is 0.380 e. The summed E-state index contributed by atoms with van der Waals surface area (Å²) in [6.45, 7) is 2.05. The quantitative estimate of drug-likeness (QED) is 0.827. The minimum Gasteiger partial charge on any atom is -0.380 e. The van der Waals surface area contributed by atoms with Gasteiger partial charge in [-0.2, -0.15) is 18.4 Å². The maximum Gasteiger partial charge on any atom is 0.416 e. The lowest BCUT2D eigenvalue weighted by Crippen LogP contribution is -2.42. The number of hydrogen-bond donors (Lipinski definition) is 1. The lowest BCUT2D eigenvalue weighted by atomic mass is 10.1. The number of benzene rings is 1. The minimum atomic E-state index is -4.46. The number of amides is 1. The van der Waals surface area contributed by atoms with Gasteiger partial charge in [0.1, 0.15) is 6.04 Å². The molecule has 0 unspecified atom stereocenters. The molecule has 158 valence electrons. The van der Waals surface area contributed by atoms with Crippen LogP contribution in [-0.4, -0.2) is 59.0 Å². The van der Waals surface area contributed by atoms with Crippen LogP contribution in [0.4, 0.5) is 18.9 Å². The van der Waals surface area contributed by atoms with Crippen LogP contribution in [0.1, 0.15) is 24.8 Å². The van der Waals surface area contributed by atoms with E-state index in [-0.39, 0.29) is 30.1 Å². The molecule has 9 heteroatoms. The predicted octanol–water partition coefficient (Wildman–Crippen LogP) is 3.25. The highest BCUT2D eigenvalue weighted by molar-refractivity contribution is 5.92. The van der Waals surface area contributed by atoms with Crippen molar-refractivity contribution in [1.29, 1.82) is 5.26 Å². The summed E-state index contributed by atoms with van der Waals surface area (Å²) in [7, 11) is 0. The van der Waals surface area contributed by atoms with Gasteiger partial charge in [-0.25, -0.2) is 0 Å². The number of pyridine rings is 1. The van der Waals surface area contributed by atoms with Crippen LogP contribution in [0.5, 0.6) is 0 Å². The SMILES string of the molecule is N#C[C@@H]1CCCN1C(=O)CN1CC[C@H](Nc2cc(C(F)(F)F)cc3ncccc23)C1. The third-order valence-electron chi connectivity index (χ3n) is 5.76. The van der Waals surface area contributed by atoms with Crippen molar-refractivity contribution in [3.63, 3.8) is 0 Å². The Hall–Kier alpha value is -2.86. The summed E-state index contributed by atoms with van der Waals surface area (Å²) < 4.78 is 39.9. The number of aromatic nitrogens is 1. The molecular formula is C21H22F3N5O. The van der Waals surface area contributed by atoms with E-state index in [1.807, 2.05) is 4.90 Å². The van der Waals surface area contributed by atoms with Crippen molar-refractivity contribution >= 4 is 22.5 Å². The van der Waals surface area contributed by atoms with E-state index in [4.69, 9.17) is 5.26 Å². The molecule has 0 saturated carbocycles. The fraction of sp³-hybridized carbons (Fsp3) is 0.476. The average molecular weight is 417 g/mol. The Morgan fingerprint density at radius 1 is 1.30 bits per heavy atom. The summed E-state index contributed by atoms with van der Waals surface area (Å²) in [5.74, 6) is -0.0616. The molecular weight excluding hydrogens is 395 g/mol. The number of hydrogen-bond acceptors (Lipinski definition) is 5. The molecule has 3 heterocycles. The van der Waals surface area contributed by atoms with Crippen LogP contribution in [0, 0.1) is 11.3 Å². The number of alkyl halides is 3. The first-order valence-electron chi connectivity index (χ1n) is 9.99. The maximum absolute atomic E-state index is 13.3. The number of carbonyl (C=O) groups is 1. The Morgan fingerprint density at radius 3 is 2.90 bits per heavy atom. The summed E-state index contributed by atoms with van der Waals surface area (Å²) in [4.78, 5) is 20.2. The van der Waals surface area contributed by atoms with E-state index in [9.17, 15) is 18.0 Å². The van der Waals surface area contributed by atoms with Gasteiger partial charge in [0, 0.05) is 42.9 Å². The van der Waals surface area contributed by atoms with Crippen LogP contribution >= 0.6 is 0 Å². The zero-order valence-electron chi connectivity index (χ0n) is 16.3. The van der Waals surface area contributed by atoms with Crippen molar-refractivity contribution in [2.45, 2.75) is 37.5 Å². The molecule has 0 aliphatic carbocycles. The highest BCUT2D eigenvalue weighted by Gasteiger charge is 2.33. The Labute approximate surface area is 172 Å². The molecule has 2 aliphatic heterocycles. The third-order valence-corrected chi connectivity index (χ3v) is 5.76. The Balaban J connectivity index is 1.45. The number of carbonyl (C=O) groups excluding carboxylic acids is 1. The van der Waals surface area contributed by atoms with Crippen LogP contribution < -0.4 is 5.32 Å². The van der Waals surface area contributed by atoms with Crippen LogP contribution in [0.3, 0.4) is 0 Å². The highest BCUT2D eigenvalue weighted by Crippen LogP contribution is 2.35. The number of nitrogens with one attached hydrogen (secondary N) is 1. The van der Waals surface area contributed by atoms with Crippen LogP contribution in [0.25, 0.3) is 10.9 Å². The van der Waals surface area contributed by atoms with E-state index in [0.717, 1.165) is 18.6 Å². The second kappa shape index (κ2) is 8.11. The summed E-state index contributed by atoms with van der Waals surface area (Å²) in [5, 5.41) is 13.0. The van der Waals surface area contributed by atoms with E-state index in [1.54, 1.807) is 17.0 Å². The van der Waals surface area contributed by atoms with Crippen LogP contribution in [0.2, 0.25) is 0 Å².